The molecule has 0 fully saturated rings. The minimum atomic E-state index is -0.323. The first-order chi connectivity index (χ1) is 10.6. The molecule has 0 saturated heterocycles. The highest BCUT2D eigenvalue weighted by atomic mass is 19.1. The maximum absolute atomic E-state index is 14.5. The number of hydrogen-bond acceptors (Lipinski definition) is 3. The van der Waals surface area contributed by atoms with Gasteiger partial charge >= 0.3 is 0 Å². The van der Waals surface area contributed by atoms with Crippen LogP contribution in [-0.4, -0.2) is 19.6 Å². The Labute approximate surface area is 125 Å². The van der Waals surface area contributed by atoms with E-state index in [1.165, 1.54) is 18.3 Å². The van der Waals surface area contributed by atoms with Gasteiger partial charge in [0.05, 0.1) is 5.52 Å². The van der Waals surface area contributed by atoms with Crippen molar-refractivity contribution >= 4 is 21.8 Å². The molecule has 4 rings (SSSR count). The lowest BCUT2D eigenvalue weighted by atomic mass is 10.0. The molecular formula is C17H12FN3O. The minimum absolute atomic E-state index is 0.0825. The summed E-state index contributed by atoms with van der Waals surface area (Å²) in [7, 11) is 1.95. The van der Waals surface area contributed by atoms with Crippen molar-refractivity contribution in [2.45, 2.75) is 0 Å². The Bertz CT molecular complexity index is 1010. The lowest BCUT2D eigenvalue weighted by molar-refractivity contribution is 0.453. The molecule has 0 spiro atoms. The van der Waals surface area contributed by atoms with Gasteiger partial charge in [-0.25, -0.2) is 9.37 Å². The average molecular weight is 293 g/mol. The fraction of sp³-hybridized carbons (Fsp3) is 0.0588. The fourth-order valence-electron chi connectivity index (χ4n) is 2.84. The number of aromatic nitrogens is 3. The molecule has 0 saturated carbocycles. The Morgan fingerprint density at radius 2 is 1.91 bits per heavy atom. The number of benzene rings is 1. The summed E-state index contributed by atoms with van der Waals surface area (Å²) in [5, 5.41) is 11.0. The predicted octanol–water partition coefficient (Wildman–Crippen LogP) is 3.63. The van der Waals surface area contributed by atoms with Gasteiger partial charge in [0.25, 0.3) is 0 Å². The normalized spacial score (nSPS) is 11.4. The van der Waals surface area contributed by atoms with Gasteiger partial charge in [-0.1, -0.05) is 0 Å². The quantitative estimate of drug-likeness (QED) is 0.583. The maximum atomic E-state index is 14.5. The third kappa shape index (κ3) is 1.75. The van der Waals surface area contributed by atoms with Crippen LogP contribution in [-0.2, 0) is 7.05 Å². The van der Waals surface area contributed by atoms with Crippen LogP contribution in [0.4, 0.5) is 4.39 Å². The molecule has 4 nitrogen and oxygen atoms in total. The zero-order valence-corrected chi connectivity index (χ0v) is 11.8. The Morgan fingerprint density at radius 1 is 1.05 bits per heavy atom. The number of halogens is 1. The summed E-state index contributed by atoms with van der Waals surface area (Å²) in [5.74, 6) is -0.405. The third-order valence-corrected chi connectivity index (χ3v) is 3.96. The van der Waals surface area contributed by atoms with Crippen molar-refractivity contribution in [3.05, 3.63) is 54.7 Å². The van der Waals surface area contributed by atoms with Crippen LogP contribution in [0.3, 0.4) is 0 Å². The molecule has 3 heterocycles. The summed E-state index contributed by atoms with van der Waals surface area (Å²) in [6.45, 7) is 0. The van der Waals surface area contributed by atoms with Crippen molar-refractivity contribution in [3.63, 3.8) is 0 Å². The molecule has 1 N–H and O–H groups in total. The number of nitrogens with zero attached hydrogens (tertiary/aromatic N) is 3. The van der Waals surface area contributed by atoms with E-state index < -0.39 is 0 Å². The molecule has 22 heavy (non-hydrogen) atoms. The van der Waals surface area contributed by atoms with Gasteiger partial charge in [0.1, 0.15) is 5.82 Å². The number of aryl methyl sites for hydroxylation is 1. The first-order valence-corrected chi connectivity index (χ1v) is 6.82. The van der Waals surface area contributed by atoms with Crippen LogP contribution in [0.2, 0.25) is 0 Å². The summed E-state index contributed by atoms with van der Waals surface area (Å²) in [4.78, 5) is 7.94. The van der Waals surface area contributed by atoms with Crippen LogP contribution >= 0.6 is 0 Å². The number of fused-ring (bicyclic) bond motifs is 3. The van der Waals surface area contributed by atoms with E-state index in [0.717, 1.165) is 21.8 Å². The maximum Gasteiger partial charge on any atom is 0.210 e. The van der Waals surface area contributed by atoms with E-state index in [9.17, 15) is 9.50 Å². The summed E-state index contributed by atoms with van der Waals surface area (Å²) >= 11 is 0. The highest BCUT2D eigenvalue weighted by molar-refractivity contribution is 6.08. The number of hydrogen-bond donors (Lipinski definition) is 1. The molecule has 0 unspecified atom stereocenters. The first-order valence-electron chi connectivity index (χ1n) is 6.82. The first kappa shape index (κ1) is 12.8. The van der Waals surface area contributed by atoms with E-state index in [-0.39, 0.29) is 11.7 Å². The molecule has 3 aromatic heterocycles. The molecule has 1 aromatic carbocycles. The topological polar surface area (TPSA) is 50.9 Å². The molecular weight excluding hydrogens is 281 g/mol. The summed E-state index contributed by atoms with van der Waals surface area (Å²) in [6.07, 6.45) is 4.94. The van der Waals surface area contributed by atoms with Crippen LogP contribution in [0.15, 0.2) is 48.9 Å². The molecule has 0 aliphatic heterocycles. The lowest BCUT2D eigenvalue weighted by Crippen LogP contribution is -1.90. The standard InChI is InChI=1S/C17H12FN3O/c1-21-15-4-5-19-9-13(15)12-6-14(18)11(7-16(12)21)10-2-3-17(22)20-8-10/h2-9H,1H3,(H,20,22). The number of aromatic hydroxyl groups is 1. The van der Waals surface area contributed by atoms with E-state index in [1.54, 1.807) is 24.5 Å². The van der Waals surface area contributed by atoms with Crippen molar-refractivity contribution in [2.24, 2.45) is 7.05 Å². The Morgan fingerprint density at radius 3 is 2.68 bits per heavy atom. The SMILES string of the molecule is Cn1c2ccncc2c2cc(F)c(-c3ccc(O)nc3)cc21. The van der Waals surface area contributed by atoms with Crippen molar-refractivity contribution < 1.29 is 9.50 Å². The second-order valence-electron chi connectivity index (χ2n) is 5.21. The van der Waals surface area contributed by atoms with Crippen LogP contribution in [0, 0.1) is 5.82 Å². The highest BCUT2D eigenvalue weighted by Crippen LogP contribution is 2.33. The molecule has 0 bridgehead atoms. The van der Waals surface area contributed by atoms with Crippen LogP contribution < -0.4 is 0 Å². The largest absolute Gasteiger partial charge is 0.493 e. The highest BCUT2D eigenvalue weighted by Gasteiger charge is 2.13. The molecule has 0 atom stereocenters. The summed E-state index contributed by atoms with van der Waals surface area (Å²) < 4.78 is 16.5. The van der Waals surface area contributed by atoms with E-state index >= 15 is 0 Å². The molecule has 108 valence electrons. The van der Waals surface area contributed by atoms with Gasteiger partial charge in [0.2, 0.25) is 5.88 Å². The van der Waals surface area contributed by atoms with Gasteiger partial charge in [0.15, 0.2) is 0 Å². The molecule has 4 aromatic rings. The third-order valence-electron chi connectivity index (χ3n) is 3.96. The molecule has 0 aliphatic rings. The zero-order chi connectivity index (χ0) is 15.3. The zero-order valence-electron chi connectivity index (χ0n) is 11.8. The van der Waals surface area contributed by atoms with Crippen LogP contribution in [0.25, 0.3) is 32.9 Å². The minimum Gasteiger partial charge on any atom is -0.493 e. The van der Waals surface area contributed by atoms with Crippen molar-refractivity contribution in [1.82, 2.24) is 14.5 Å². The predicted molar refractivity (Wildman–Crippen MR) is 83.1 cm³/mol. The van der Waals surface area contributed by atoms with Crippen LogP contribution in [0.1, 0.15) is 0 Å². The van der Waals surface area contributed by atoms with Gasteiger partial charge < -0.3 is 9.67 Å². The van der Waals surface area contributed by atoms with E-state index in [2.05, 4.69) is 9.97 Å². The Hall–Kier alpha value is -2.95. The smallest absolute Gasteiger partial charge is 0.210 e. The van der Waals surface area contributed by atoms with E-state index in [4.69, 9.17) is 0 Å². The van der Waals surface area contributed by atoms with Crippen molar-refractivity contribution in [1.29, 1.82) is 0 Å². The van der Waals surface area contributed by atoms with Gasteiger partial charge in [-0.15, -0.1) is 0 Å². The summed E-state index contributed by atoms with van der Waals surface area (Å²) in [5.41, 5.74) is 3.01. The van der Waals surface area contributed by atoms with E-state index in [1.807, 2.05) is 17.7 Å². The average Bonchev–Trinajstić information content (AvgIpc) is 2.81. The van der Waals surface area contributed by atoms with Gasteiger partial charge in [-0.2, -0.15) is 0 Å². The molecule has 0 radical (unpaired) electrons. The van der Waals surface area contributed by atoms with E-state index in [0.29, 0.717) is 11.1 Å². The fourth-order valence-corrected chi connectivity index (χ4v) is 2.84. The van der Waals surface area contributed by atoms with Crippen molar-refractivity contribution in [3.8, 4) is 17.0 Å². The van der Waals surface area contributed by atoms with Gasteiger partial charge in [-0.05, 0) is 24.3 Å². The second-order valence-corrected chi connectivity index (χ2v) is 5.21. The van der Waals surface area contributed by atoms with Gasteiger partial charge in [0, 0.05) is 59.1 Å². The Balaban J connectivity index is 2.06. The molecule has 5 heteroatoms. The molecule has 0 amide bonds. The monoisotopic (exact) mass is 293 g/mol. The van der Waals surface area contributed by atoms with Gasteiger partial charge in [-0.3, -0.25) is 4.98 Å². The van der Waals surface area contributed by atoms with Crippen LogP contribution in [0.5, 0.6) is 5.88 Å². The number of rotatable bonds is 1. The Kier molecular flexibility index (Phi) is 2.63. The van der Waals surface area contributed by atoms with Crippen molar-refractivity contribution in [2.75, 3.05) is 0 Å². The second kappa shape index (κ2) is 4.53. The lowest BCUT2D eigenvalue weighted by Gasteiger charge is -2.05. The summed E-state index contributed by atoms with van der Waals surface area (Å²) in [6, 6.07) is 8.34. The molecule has 0 aliphatic carbocycles. The number of pyridine rings is 2.